The first-order valence-corrected chi connectivity index (χ1v) is 12.0. The first-order valence-electron chi connectivity index (χ1n) is 11.6. The lowest BCUT2D eigenvalue weighted by molar-refractivity contribution is -0.127. The maximum Gasteiger partial charge on any atom is 0.290 e. The third kappa shape index (κ3) is 5.81. The van der Waals surface area contributed by atoms with E-state index in [9.17, 15) is 9.59 Å². The van der Waals surface area contributed by atoms with E-state index in [1.165, 1.54) is 12.7 Å². The van der Waals surface area contributed by atoms with Gasteiger partial charge in [-0.2, -0.15) is 0 Å². The summed E-state index contributed by atoms with van der Waals surface area (Å²) < 4.78 is 10.7. The lowest BCUT2D eigenvalue weighted by Crippen LogP contribution is -2.46. The summed E-state index contributed by atoms with van der Waals surface area (Å²) in [5, 5.41) is 3.76. The average molecular weight is 481 g/mol. The van der Waals surface area contributed by atoms with Crippen LogP contribution in [-0.2, 0) is 11.3 Å². The van der Waals surface area contributed by atoms with E-state index in [2.05, 4.69) is 5.32 Å². The molecule has 1 aliphatic rings. The number of amides is 2. The van der Waals surface area contributed by atoms with Gasteiger partial charge in [-0.15, -0.1) is 0 Å². The first-order chi connectivity index (χ1) is 16.5. The zero-order valence-corrected chi connectivity index (χ0v) is 20.0. The van der Waals surface area contributed by atoms with Crippen molar-refractivity contribution in [3.63, 3.8) is 0 Å². The number of benzene rings is 2. The average Bonchev–Trinajstić information content (AvgIpc) is 3.40. The number of nitrogens with one attached hydrogen (secondary N) is 1. The van der Waals surface area contributed by atoms with Crippen LogP contribution in [0.1, 0.15) is 59.8 Å². The van der Waals surface area contributed by atoms with Crippen LogP contribution in [0.4, 0.5) is 0 Å². The molecule has 7 heteroatoms. The number of methoxy groups -OCH3 is 1. The molecule has 0 radical (unpaired) electrons. The molecule has 1 aliphatic carbocycles. The van der Waals surface area contributed by atoms with Crippen LogP contribution < -0.4 is 10.1 Å². The SMILES string of the molecule is COc1ccc(CN(C(=O)c2ccco2)[C@@H](C(=O)NC2CCCCC2)c2ccc(Cl)cc2)cc1. The largest absolute Gasteiger partial charge is 0.497 e. The van der Waals surface area contributed by atoms with Gasteiger partial charge < -0.3 is 19.4 Å². The van der Waals surface area contributed by atoms with Crippen LogP contribution in [0.25, 0.3) is 0 Å². The molecule has 0 saturated heterocycles. The number of carbonyl (C=O) groups is 2. The monoisotopic (exact) mass is 480 g/mol. The Balaban J connectivity index is 1.71. The van der Waals surface area contributed by atoms with Crippen LogP contribution in [0.2, 0.25) is 5.02 Å². The lowest BCUT2D eigenvalue weighted by Gasteiger charge is -2.33. The van der Waals surface area contributed by atoms with Gasteiger partial charge in [-0.3, -0.25) is 9.59 Å². The van der Waals surface area contributed by atoms with Crippen LogP contribution in [0.5, 0.6) is 5.75 Å². The van der Waals surface area contributed by atoms with Gasteiger partial charge in [-0.1, -0.05) is 55.1 Å². The van der Waals surface area contributed by atoms with Crippen molar-refractivity contribution in [1.29, 1.82) is 0 Å². The highest BCUT2D eigenvalue weighted by molar-refractivity contribution is 6.30. The Bertz CT molecular complexity index is 1070. The molecule has 1 fully saturated rings. The summed E-state index contributed by atoms with van der Waals surface area (Å²) in [6.07, 6.45) is 6.73. The molecule has 0 aliphatic heterocycles. The van der Waals surface area contributed by atoms with Crippen molar-refractivity contribution in [2.24, 2.45) is 0 Å². The molecule has 1 N–H and O–H groups in total. The summed E-state index contributed by atoms with van der Waals surface area (Å²) >= 11 is 6.13. The van der Waals surface area contributed by atoms with Crippen LogP contribution >= 0.6 is 11.6 Å². The molecule has 1 heterocycles. The van der Waals surface area contributed by atoms with E-state index in [-0.39, 0.29) is 30.2 Å². The molecule has 178 valence electrons. The standard InChI is InChI=1S/C27H29ClN2O4/c1-33-23-15-9-19(10-16-23)18-30(27(32)24-8-5-17-34-24)25(20-11-13-21(28)14-12-20)26(31)29-22-6-3-2-4-7-22/h5,8-17,22,25H,2-4,6-7,18H2,1H3,(H,29,31)/t25-/m1/s1. The molecule has 0 unspecified atom stereocenters. The molecule has 1 saturated carbocycles. The van der Waals surface area contributed by atoms with Crippen molar-refractivity contribution in [3.8, 4) is 5.75 Å². The molecular weight excluding hydrogens is 452 g/mol. The van der Waals surface area contributed by atoms with Gasteiger partial charge >= 0.3 is 0 Å². The maximum atomic E-state index is 13.7. The normalized spacial score (nSPS) is 14.9. The van der Waals surface area contributed by atoms with Crippen molar-refractivity contribution >= 4 is 23.4 Å². The van der Waals surface area contributed by atoms with E-state index in [1.54, 1.807) is 48.4 Å². The molecule has 3 aromatic rings. The van der Waals surface area contributed by atoms with Gasteiger partial charge in [0.05, 0.1) is 13.4 Å². The summed E-state index contributed by atoms with van der Waals surface area (Å²) in [6, 6.07) is 17.1. The van der Waals surface area contributed by atoms with Crippen molar-refractivity contribution in [2.75, 3.05) is 7.11 Å². The zero-order valence-electron chi connectivity index (χ0n) is 19.2. The summed E-state index contributed by atoms with van der Waals surface area (Å²) in [6.45, 7) is 0.217. The maximum absolute atomic E-state index is 13.7. The molecule has 0 spiro atoms. The Morgan fingerprint density at radius 3 is 2.38 bits per heavy atom. The van der Waals surface area contributed by atoms with Crippen LogP contribution in [0.3, 0.4) is 0 Å². The second-order valence-electron chi connectivity index (χ2n) is 8.56. The summed E-state index contributed by atoms with van der Waals surface area (Å²) in [5.41, 5.74) is 1.55. The topological polar surface area (TPSA) is 71.8 Å². The Labute approximate surface area is 204 Å². The Kier molecular flexibility index (Phi) is 7.91. The Hall–Kier alpha value is -3.25. The number of rotatable bonds is 8. The smallest absolute Gasteiger partial charge is 0.290 e. The number of furan rings is 1. The predicted molar refractivity (Wildman–Crippen MR) is 131 cm³/mol. The minimum Gasteiger partial charge on any atom is -0.497 e. The van der Waals surface area contributed by atoms with Crippen LogP contribution in [0.15, 0.2) is 71.3 Å². The lowest BCUT2D eigenvalue weighted by atomic mass is 9.94. The molecule has 34 heavy (non-hydrogen) atoms. The van der Waals surface area contributed by atoms with Gasteiger partial charge in [0.1, 0.15) is 11.8 Å². The third-order valence-corrected chi connectivity index (χ3v) is 6.45. The molecule has 2 aromatic carbocycles. The van der Waals surface area contributed by atoms with Gasteiger partial charge in [-0.25, -0.2) is 0 Å². The zero-order chi connectivity index (χ0) is 23.9. The molecule has 6 nitrogen and oxygen atoms in total. The van der Waals surface area contributed by atoms with E-state index >= 15 is 0 Å². The minimum absolute atomic E-state index is 0.109. The highest BCUT2D eigenvalue weighted by Gasteiger charge is 2.34. The second kappa shape index (κ2) is 11.3. The molecule has 1 atom stereocenters. The summed E-state index contributed by atoms with van der Waals surface area (Å²) in [4.78, 5) is 28.9. The fraction of sp³-hybridized carbons (Fsp3) is 0.333. The number of hydrogen-bond donors (Lipinski definition) is 1. The van der Waals surface area contributed by atoms with E-state index in [0.29, 0.717) is 10.6 Å². The highest BCUT2D eigenvalue weighted by Crippen LogP contribution is 2.29. The third-order valence-electron chi connectivity index (χ3n) is 6.20. The molecular formula is C27H29ClN2O4. The number of carbonyl (C=O) groups excluding carboxylic acids is 2. The van der Waals surface area contributed by atoms with Crippen molar-refractivity contribution in [3.05, 3.63) is 88.8 Å². The number of nitrogens with zero attached hydrogens (tertiary/aromatic N) is 1. The molecule has 4 rings (SSSR count). The number of hydrogen-bond acceptors (Lipinski definition) is 4. The van der Waals surface area contributed by atoms with Gasteiger partial charge in [0.15, 0.2) is 5.76 Å². The summed E-state index contributed by atoms with van der Waals surface area (Å²) in [7, 11) is 1.61. The van der Waals surface area contributed by atoms with Gasteiger partial charge in [0.25, 0.3) is 5.91 Å². The van der Waals surface area contributed by atoms with Gasteiger partial charge in [-0.05, 0) is 60.4 Å². The summed E-state index contributed by atoms with van der Waals surface area (Å²) in [5.74, 6) is 0.331. The highest BCUT2D eigenvalue weighted by atomic mass is 35.5. The van der Waals surface area contributed by atoms with Crippen molar-refractivity contribution in [2.45, 2.75) is 50.7 Å². The van der Waals surface area contributed by atoms with Crippen LogP contribution in [-0.4, -0.2) is 29.9 Å². The number of ether oxygens (including phenoxy) is 1. The van der Waals surface area contributed by atoms with Gasteiger partial charge in [0, 0.05) is 17.6 Å². The number of halogens is 1. The Morgan fingerprint density at radius 2 is 1.76 bits per heavy atom. The minimum atomic E-state index is -0.848. The van der Waals surface area contributed by atoms with E-state index in [0.717, 1.165) is 37.0 Å². The van der Waals surface area contributed by atoms with Crippen molar-refractivity contribution < 1.29 is 18.7 Å². The first kappa shape index (κ1) is 23.9. The van der Waals surface area contributed by atoms with E-state index in [4.69, 9.17) is 20.8 Å². The fourth-order valence-corrected chi connectivity index (χ4v) is 4.52. The quantitative estimate of drug-likeness (QED) is 0.444. The van der Waals surface area contributed by atoms with E-state index in [1.807, 2.05) is 24.3 Å². The fourth-order valence-electron chi connectivity index (χ4n) is 4.39. The van der Waals surface area contributed by atoms with Crippen LogP contribution in [0, 0.1) is 0 Å². The molecule has 1 aromatic heterocycles. The predicted octanol–water partition coefficient (Wildman–Crippen LogP) is 5.77. The van der Waals surface area contributed by atoms with E-state index < -0.39 is 6.04 Å². The second-order valence-corrected chi connectivity index (χ2v) is 8.99. The van der Waals surface area contributed by atoms with Crippen molar-refractivity contribution in [1.82, 2.24) is 10.2 Å². The Morgan fingerprint density at radius 1 is 1.06 bits per heavy atom. The molecule has 0 bridgehead atoms. The van der Waals surface area contributed by atoms with Gasteiger partial charge in [0.2, 0.25) is 5.91 Å². The molecule has 2 amide bonds.